The summed E-state index contributed by atoms with van der Waals surface area (Å²) in [5, 5.41) is 28.2. The number of nitrogens with two attached hydrogens (primary N) is 1. The van der Waals surface area contributed by atoms with Crippen LogP contribution in [-0.2, 0) is 0 Å². The molecule has 15 heteroatoms. The van der Waals surface area contributed by atoms with Crippen LogP contribution in [0.4, 0.5) is 26.4 Å². The quantitative estimate of drug-likeness (QED) is 0.185. The van der Waals surface area contributed by atoms with Crippen LogP contribution in [0, 0.1) is 11.6 Å². The van der Waals surface area contributed by atoms with Crippen LogP contribution < -0.4 is 21.3 Å². The lowest BCUT2D eigenvalue weighted by Gasteiger charge is -2.36. The molecule has 0 aliphatic carbocycles. The highest BCUT2D eigenvalue weighted by Crippen LogP contribution is 2.25. The fourth-order valence-corrected chi connectivity index (χ4v) is 4.40. The first kappa shape index (κ1) is 27.2. The Morgan fingerprint density at radius 2 is 1.95 bits per heavy atom. The summed E-state index contributed by atoms with van der Waals surface area (Å²) in [4.78, 5) is 25.0. The van der Waals surface area contributed by atoms with Gasteiger partial charge in [0.2, 0.25) is 11.9 Å². The summed E-state index contributed by atoms with van der Waals surface area (Å²) in [5.41, 5.74) is 6.96. The minimum Gasteiger partial charge on any atom is -0.463 e. The molecule has 1 amide bonds. The number of carbonyl (C=O) groups is 1. The fraction of sp³-hybridized carbons (Fsp3) is 0.360. The van der Waals surface area contributed by atoms with Crippen molar-refractivity contribution in [2.24, 2.45) is 0 Å². The molecule has 0 bridgehead atoms. The van der Waals surface area contributed by atoms with Crippen molar-refractivity contribution in [1.29, 1.82) is 0 Å². The fourth-order valence-electron chi connectivity index (χ4n) is 4.40. The number of aliphatic hydroxyl groups excluding tert-OH is 2. The highest BCUT2D eigenvalue weighted by atomic mass is 19.1. The molecule has 1 aliphatic rings. The van der Waals surface area contributed by atoms with Crippen LogP contribution in [0.15, 0.2) is 41.0 Å². The van der Waals surface area contributed by atoms with Gasteiger partial charge in [-0.15, -0.1) is 0 Å². The molecular weight excluding hydrogens is 528 g/mol. The van der Waals surface area contributed by atoms with Crippen LogP contribution >= 0.6 is 0 Å². The zero-order valence-corrected chi connectivity index (χ0v) is 21.4. The van der Waals surface area contributed by atoms with Gasteiger partial charge in [0.05, 0.1) is 30.2 Å². The number of carbonyl (C=O) groups excluding carboxylic acids is 1. The molecule has 1 fully saturated rings. The highest BCUT2D eigenvalue weighted by molar-refractivity contribution is 5.95. The number of nitrogens with zero attached hydrogens (tertiary/aromatic N) is 6. The minimum atomic E-state index is -1.17. The first-order valence-corrected chi connectivity index (χ1v) is 12.7. The number of nitrogens with one attached hydrogen (secondary N) is 2. The number of rotatable bonds is 10. The van der Waals surface area contributed by atoms with Gasteiger partial charge in [0.25, 0.3) is 5.91 Å². The number of fused-ring (bicyclic) bond motifs is 1. The maximum absolute atomic E-state index is 14.6. The van der Waals surface area contributed by atoms with Crippen molar-refractivity contribution in [1.82, 2.24) is 29.8 Å². The molecule has 1 atom stereocenters. The number of halogens is 2. The first-order chi connectivity index (χ1) is 19.3. The van der Waals surface area contributed by atoms with Crippen LogP contribution in [-0.4, -0.2) is 99.1 Å². The van der Waals surface area contributed by atoms with E-state index in [0.29, 0.717) is 68.4 Å². The van der Waals surface area contributed by atoms with Crippen LogP contribution in [0.2, 0.25) is 0 Å². The number of aromatic nitrogens is 4. The highest BCUT2D eigenvalue weighted by Gasteiger charge is 2.23. The third-order valence-electron chi connectivity index (χ3n) is 6.54. The lowest BCUT2D eigenvalue weighted by atomic mass is 10.1. The Morgan fingerprint density at radius 1 is 1.15 bits per heavy atom. The summed E-state index contributed by atoms with van der Waals surface area (Å²) in [6.45, 7) is 2.54. The van der Waals surface area contributed by atoms with Crippen LogP contribution in [0.25, 0.3) is 17.1 Å². The van der Waals surface area contributed by atoms with Gasteiger partial charge < -0.3 is 35.9 Å². The minimum absolute atomic E-state index is 0.124. The number of nitrogen functional groups attached to an aromatic ring is 1. The monoisotopic (exact) mass is 557 g/mol. The molecule has 0 saturated carbocycles. The molecular formula is C25H29F2N9O4. The van der Waals surface area contributed by atoms with E-state index in [2.05, 4.69) is 30.6 Å². The summed E-state index contributed by atoms with van der Waals surface area (Å²) < 4.78 is 35.7. The third kappa shape index (κ3) is 5.95. The molecule has 1 saturated heterocycles. The smallest absolute Gasteiger partial charge is 0.254 e. The number of piperazine rings is 1. The molecule has 0 radical (unpaired) electrons. The molecule has 1 aromatic carbocycles. The van der Waals surface area contributed by atoms with Crippen molar-refractivity contribution >= 4 is 29.1 Å². The zero-order valence-electron chi connectivity index (χ0n) is 21.4. The van der Waals surface area contributed by atoms with Gasteiger partial charge in [-0.05, 0) is 18.2 Å². The Bertz CT molecular complexity index is 1470. The summed E-state index contributed by atoms with van der Waals surface area (Å²) in [6.07, 6.45) is 0.384. The van der Waals surface area contributed by atoms with Gasteiger partial charge in [0.1, 0.15) is 17.3 Å². The SMILES string of the molecule is Nc1nc(NCCN2CCN(c3cc(C(=O)NCC(O)CO)c(F)cc3F)CC2)nc2cc(-c3ccco3)nn12. The zero-order chi connectivity index (χ0) is 28.2. The topological polar surface area (TPSA) is 170 Å². The van der Waals surface area contributed by atoms with Gasteiger partial charge in [-0.25, -0.2) is 8.78 Å². The van der Waals surface area contributed by atoms with Gasteiger partial charge >= 0.3 is 0 Å². The molecule has 4 aromatic rings. The Kier molecular flexibility index (Phi) is 8.04. The van der Waals surface area contributed by atoms with E-state index in [-0.39, 0.29) is 23.7 Å². The van der Waals surface area contributed by atoms with Crippen molar-refractivity contribution in [3.63, 3.8) is 0 Å². The maximum atomic E-state index is 14.6. The summed E-state index contributed by atoms with van der Waals surface area (Å²) in [6, 6.07) is 7.17. The van der Waals surface area contributed by atoms with Gasteiger partial charge in [-0.2, -0.15) is 19.6 Å². The van der Waals surface area contributed by atoms with E-state index in [9.17, 15) is 18.7 Å². The second kappa shape index (κ2) is 11.8. The van der Waals surface area contributed by atoms with Gasteiger partial charge in [0.15, 0.2) is 11.4 Å². The Labute approximate surface area is 227 Å². The van der Waals surface area contributed by atoms with Crippen LogP contribution in [0.1, 0.15) is 10.4 Å². The van der Waals surface area contributed by atoms with Crippen molar-refractivity contribution in [3.8, 4) is 11.5 Å². The predicted octanol–water partition coefficient (Wildman–Crippen LogP) is 0.562. The number of hydrogen-bond acceptors (Lipinski definition) is 11. The largest absolute Gasteiger partial charge is 0.463 e. The average Bonchev–Trinajstić information content (AvgIpc) is 3.63. The molecule has 13 nitrogen and oxygen atoms in total. The molecule has 0 spiro atoms. The molecule has 1 unspecified atom stereocenters. The Hall–Kier alpha value is -4.34. The molecule has 3 aromatic heterocycles. The Morgan fingerprint density at radius 3 is 2.67 bits per heavy atom. The standard InChI is InChI=1S/C25H29F2N9O4/c26-17-11-18(27)20(10-16(17)23(39)30-13-15(38)14-37)35-7-5-34(6-8-35)4-3-29-25-31-22-12-19(21-2-1-9-40-21)33-36(22)24(28)32-25/h1-2,9-12,15,37-38H,3-8,13-14H2,(H,30,39)(H3,28,29,31,32). The normalized spacial score (nSPS) is 14.9. The number of benzene rings is 1. The lowest BCUT2D eigenvalue weighted by molar-refractivity contribution is 0.0799. The summed E-state index contributed by atoms with van der Waals surface area (Å²) >= 11 is 0. The van der Waals surface area contributed by atoms with Crippen molar-refractivity contribution in [2.75, 3.05) is 68.4 Å². The average molecular weight is 558 g/mol. The van der Waals surface area contributed by atoms with Gasteiger partial charge in [0, 0.05) is 57.9 Å². The summed E-state index contributed by atoms with van der Waals surface area (Å²) in [5.74, 6) is -1.43. The maximum Gasteiger partial charge on any atom is 0.254 e. The van der Waals surface area contributed by atoms with E-state index in [1.807, 2.05) is 0 Å². The number of aliphatic hydroxyl groups is 2. The van der Waals surface area contributed by atoms with E-state index in [0.717, 1.165) is 0 Å². The second-order valence-corrected chi connectivity index (χ2v) is 9.27. The van der Waals surface area contributed by atoms with Crippen LogP contribution in [0.5, 0.6) is 0 Å². The summed E-state index contributed by atoms with van der Waals surface area (Å²) in [7, 11) is 0. The number of hydrogen-bond donors (Lipinski definition) is 5. The second-order valence-electron chi connectivity index (χ2n) is 9.27. The molecule has 4 heterocycles. The van der Waals surface area contributed by atoms with Crippen molar-refractivity contribution < 1.29 is 28.2 Å². The number of anilines is 3. The van der Waals surface area contributed by atoms with E-state index in [4.69, 9.17) is 15.3 Å². The molecule has 212 valence electrons. The Balaban J connectivity index is 1.15. The molecule has 40 heavy (non-hydrogen) atoms. The van der Waals surface area contributed by atoms with Crippen LogP contribution in [0.3, 0.4) is 0 Å². The van der Waals surface area contributed by atoms with Gasteiger partial charge in [-0.1, -0.05) is 0 Å². The first-order valence-electron chi connectivity index (χ1n) is 12.7. The van der Waals surface area contributed by atoms with E-state index in [1.54, 1.807) is 29.4 Å². The number of amides is 1. The molecule has 1 aliphatic heterocycles. The van der Waals surface area contributed by atoms with E-state index >= 15 is 0 Å². The predicted molar refractivity (Wildman–Crippen MR) is 142 cm³/mol. The molecule has 6 N–H and O–H groups in total. The lowest BCUT2D eigenvalue weighted by Crippen LogP contribution is -2.48. The number of furan rings is 1. The third-order valence-corrected chi connectivity index (χ3v) is 6.54. The van der Waals surface area contributed by atoms with E-state index in [1.165, 1.54) is 10.6 Å². The van der Waals surface area contributed by atoms with Crippen molar-refractivity contribution in [2.45, 2.75) is 6.10 Å². The van der Waals surface area contributed by atoms with E-state index < -0.39 is 30.3 Å². The van der Waals surface area contributed by atoms with Gasteiger partial charge in [-0.3, -0.25) is 9.69 Å². The molecule has 5 rings (SSSR count). The van der Waals surface area contributed by atoms with Crippen molar-refractivity contribution in [3.05, 3.63) is 53.8 Å².